The summed E-state index contributed by atoms with van der Waals surface area (Å²) in [6.45, 7) is 21.7. The van der Waals surface area contributed by atoms with Gasteiger partial charge in [0.05, 0.1) is 0 Å². The van der Waals surface area contributed by atoms with E-state index in [0.29, 0.717) is 12.1 Å². The Morgan fingerprint density at radius 1 is 0.633 bits per heavy atom. The van der Waals surface area contributed by atoms with Crippen molar-refractivity contribution in [3.8, 4) is 0 Å². The first-order chi connectivity index (χ1) is 13.6. The molecule has 0 saturated carbocycles. The molecule has 2 heteroatoms. The quantitative estimate of drug-likeness (QED) is 0.371. The van der Waals surface area contributed by atoms with Gasteiger partial charge in [-0.25, -0.2) is 4.57 Å². The van der Waals surface area contributed by atoms with Crippen molar-refractivity contribution in [3.63, 3.8) is 0 Å². The van der Waals surface area contributed by atoms with Gasteiger partial charge in [0.1, 0.15) is 0 Å². The Morgan fingerprint density at radius 2 is 1.10 bits per heavy atom. The minimum absolute atomic E-state index is 0. The van der Waals surface area contributed by atoms with E-state index < -0.39 is 0 Å². The van der Waals surface area contributed by atoms with Crippen LogP contribution >= 0.6 is 0 Å². The molecule has 0 saturated heterocycles. The number of para-hydroxylation sites is 1. The van der Waals surface area contributed by atoms with Crippen LogP contribution in [0.1, 0.15) is 88.7 Å². The molecule has 0 fully saturated rings. The molecule has 0 bridgehead atoms. The minimum Gasteiger partial charge on any atom is -0.345 e. The van der Waals surface area contributed by atoms with Crippen molar-refractivity contribution in [2.24, 2.45) is 11.8 Å². The van der Waals surface area contributed by atoms with E-state index in [-0.39, 0.29) is 7.43 Å². The lowest BCUT2D eigenvalue weighted by Gasteiger charge is -2.08. The van der Waals surface area contributed by atoms with Gasteiger partial charge in [-0.3, -0.25) is 0 Å². The Labute approximate surface area is 188 Å². The highest BCUT2D eigenvalue weighted by Crippen LogP contribution is 2.18. The molecule has 0 aliphatic heterocycles. The smallest absolute Gasteiger partial charge is 0.169 e. The molecule has 0 N–H and O–H groups in total. The summed E-state index contributed by atoms with van der Waals surface area (Å²) in [6.07, 6.45) is 6.30. The molecule has 2 nitrogen and oxygen atoms in total. The number of fused-ring (bicyclic) bond motifs is 1. The van der Waals surface area contributed by atoms with Crippen LogP contribution in [0.5, 0.6) is 0 Å². The van der Waals surface area contributed by atoms with Crippen LogP contribution in [-0.2, 0) is 0 Å². The van der Waals surface area contributed by atoms with Gasteiger partial charge in [0, 0.05) is 29.9 Å². The largest absolute Gasteiger partial charge is 0.345 e. The Kier molecular flexibility index (Phi) is 16.7. The molecule has 0 unspecified atom stereocenters. The van der Waals surface area contributed by atoms with Gasteiger partial charge in [0.2, 0.25) is 0 Å². The van der Waals surface area contributed by atoms with Crippen LogP contribution in [0.15, 0.2) is 67.1 Å². The van der Waals surface area contributed by atoms with Crippen LogP contribution in [0.3, 0.4) is 0 Å². The topological polar surface area (TPSA) is 8.81 Å². The minimum atomic E-state index is 0. The first-order valence-electron chi connectivity index (χ1n) is 11.1. The average molecular weight is 414 g/mol. The van der Waals surface area contributed by atoms with Crippen molar-refractivity contribution in [1.29, 1.82) is 0 Å². The van der Waals surface area contributed by atoms with Crippen molar-refractivity contribution >= 4 is 10.9 Å². The van der Waals surface area contributed by atoms with Gasteiger partial charge in [0.25, 0.3) is 0 Å². The van der Waals surface area contributed by atoms with E-state index in [0.717, 1.165) is 11.8 Å². The average Bonchev–Trinajstić information content (AvgIpc) is 3.06. The lowest BCUT2D eigenvalue weighted by atomic mass is 10.2. The van der Waals surface area contributed by atoms with E-state index in [9.17, 15) is 0 Å². The molecule has 170 valence electrons. The zero-order valence-electron chi connectivity index (χ0n) is 20.6. The lowest BCUT2D eigenvalue weighted by molar-refractivity contribution is -0.716. The summed E-state index contributed by atoms with van der Waals surface area (Å²) >= 11 is 0. The first-order valence-corrected chi connectivity index (χ1v) is 11.1. The third-order valence-corrected chi connectivity index (χ3v) is 3.52. The number of aromatic nitrogens is 2. The van der Waals surface area contributed by atoms with E-state index in [2.05, 4.69) is 127 Å². The number of nitrogens with zero attached hydrogens (tertiary/aromatic N) is 2. The SMILES string of the molecule is C.CC(C)C.CC(C)C.CC(C)[n+]1ccccc1.CC(C)n1ccc2ccccc21. The van der Waals surface area contributed by atoms with Gasteiger partial charge in [-0.05, 0) is 57.0 Å². The number of benzene rings is 1. The highest BCUT2D eigenvalue weighted by atomic mass is 15.0. The fourth-order valence-electron chi connectivity index (χ4n) is 2.31. The molecule has 3 aromatic rings. The third kappa shape index (κ3) is 14.0. The van der Waals surface area contributed by atoms with E-state index in [4.69, 9.17) is 0 Å². The van der Waals surface area contributed by atoms with Crippen molar-refractivity contribution < 1.29 is 4.57 Å². The predicted molar refractivity (Wildman–Crippen MR) is 137 cm³/mol. The van der Waals surface area contributed by atoms with Crippen LogP contribution in [0, 0.1) is 11.8 Å². The molecular formula is C28H49N2+. The molecule has 2 heterocycles. The highest BCUT2D eigenvalue weighted by Gasteiger charge is 2.01. The Morgan fingerprint density at radius 3 is 1.50 bits per heavy atom. The lowest BCUT2D eigenvalue weighted by Crippen LogP contribution is -2.34. The van der Waals surface area contributed by atoms with Gasteiger partial charge in [0.15, 0.2) is 18.4 Å². The number of hydrogen-bond donors (Lipinski definition) is 0. The van der Waals surface area contributed by atoms with Gasteiger partial charge < -0.3 is 4.57 Å². The van der Waals surface area contributed by atoms with Crippen LogP contribution in [-0.4, -0.2) is 4.57 Å². The van der Waals surface area contributed by atoms with Crippen LogP contribution in [0.25, 0.3) is 10.9 Å². The van der Waals surface area contributed by atoms with Gasteiger partial charge >= 0.3 is 0 Å². The highest BCUT2D eigenvalue weighted by molar-refractivity contribution is 5.80. The number of rotatable bonds is 2. The summed E-state index contributed by atoms with van der Waals surface area (Å²) in [5.74, 6) is 1.67. The molecule has 0 aliphatic rings. The Balaban J connectivity index is 0. The van der Waals surface area contributed by atoms with Crippen molar-refractivity contribution in [1.82, 2.24) is 4.57 Å². The standard InChI is InChI=1S/C11H13N.C8H12N.2C4H10.CH4/c1-9(2)12-8-7-10-5-3-4-6-11(10)12;1-8(2)9-6-4-3-5-7-9;2*1-4(2)3;/h3-9H,1-2H3;3-8H,1-2H3;2*4H,1-3H3;1H4/q;+1;;;. The number of hydrogen-bond acceptors (Lipinski definition) is 0. The van der Waals surface area contributed by atoms with Gasteiger partial charge in [-0.2, -0.15) is 0 Å². The second-order valence-corrected chi connectivity index (χ2v) is 9.26. The van der Waals surface area contributed by atoms with Crippen LogP contribution < -0.4 is 4.57 Å². The summed E-state index contributed by atoms with van der Waals surface area (Å²) in [5, 5.41) is 1.33. The molecule has 3 rings (SSSR count). The first kappa shape index (κ1) is 30.1. The molecule has 0 atom stereocenters. The predicted octanol–water partition coefficient (Wildman–Crippen LogP) is 8.74. The second kappa shape index (κ2) is 16.7. The maximum atomic E-state index is 2.29. The third-order valence-electron chi connectivity index (χ3n) is 3.52. The van der Waals surface area contributed by atoms with Crippen LogP contribution in [0.2, 0.25) is 0 Å². The maximum absolute atomic E-state index is 2.29. The zero-order valence-corrected chi connectivity index (χ0v) is 20.6. The monoisotopic (exact) mass is 413 g/mol. The number of pyridine rings is 1. The molecule has 0 amide bonds. The Hall–Kier alpha value is -2.09. The van der Waals surface area contributed by atoms with Crippen molar-refractivity contribution in [2.75, 3.05) is 0 Å². The molecule has 30 heavy (non-hydrogen) atoms. The molecule has 0 radical (unpaired) electrons. The molecule has 1 aromatic carbocycles. The molecule has 2 aromatic heterocycles. The normalized spacial score (nSPS) is 9.93. The molecule has 0 aliphatic carbocycles. The van der Waals surface area contributed by atoms with Crippen LogP contribution in [0.4, 0.5) is 0 Å². The van der Waals surface area contributed by atoms with E-state index >= 15 is 0 Å². The van der Waals surface area contributed by atoms with E-state index in [1.54, 1.807) is 0 Å². The maximum Gasteiger partial charge on any atom is 0.169 e. The van der Waals surface area contributed by atoms with E-state index in [1.807, 2.05) is 18.2 Å². The second-order valence-electron chi connectivity index (χ2n) is 9.26. The summed E-state index contributed by atoms with van der Waals surface area (Å²) in [6, 6.07) is 17.9. The van der Waals surface area contributed by atoms with Crippen molar-refractivity contribution in [2.45, 2.75) is 88.7 Å². The summed E-state index contributed by atoms with van der Waals surface area (Å²) in [4.78, 5) is 0. The summed E-state index contributed by atoms with van der Waals surface area (Å²) in [7, 11) is 0. The fourth-order valence-corrected chi connectivity index (χ4v) is 2.31. The van der Waals surface area contributed by atoms with E-state index in [1.165, 1.54) is 10.9 Å². The Bertz CT molecular complexity index is 741. The van der Waals surface area contributed by atoms with Crippen molar-refractivity contribution in [3.05, 3.63) is 67.1 Å². The fraction of sp³-hybridized carbons (Fsp3) is 0.536. The summed E-state index contributed by atoms with van der Waals surface area (Å²) in [5.41, 5.74) is 1.33. The molecular weight excluding hydrogens is 364 g/mol. The van der Waals surface area contributed by atoms with Gasteiger partial charge in [-0.15, -0.1) is 0 Å². The summed E-state index contributed by atoms with van der Waals surface area (Å²) < 4.78 is 4.45. The van der Waals surface area contributed by atoms with Gasteiger partial charge in [-0.1, -0.05) is 73.2 Å². The molecule has 0 spiro atoms. The zero-order chi connectivity index (χ0) is 22.4.